The van der Waals surface area contributed by atoms with Crippen molar-refractivity contribution in [3.63, 3.8) is 0 Å². The van der Waals surface area contributed by atoms with E-state index in [0.29, 0.717) is 6.54 Å². The third-order valence-corrected chi connectivity index (χ3v) is 5.32. The summed E-state index contributed by atoms with van der Waals surface area (Å²) in [5.41, 5.74) is 2.29. The normalized spacial score (nSPS) is 15.4. The molecule has 1 aromatic heterocycles. The van der Waals surface area contributed by atoms with Crippen molar-refractivity contribution in [3.05, 3.63) is 57.8 Å². The molecule has 24 heavy (non-hydrogen) atoms. The van der Waals surface area contributed by atoms with Gasteiger partial charge >= 0.3 is 6.03 Å². The van der Waals surface area contributed by atoms with Gasteiger partial charge in [0.05, 0.1) is 6.04 Å². The Balaban J connectivity index is 1.48. The highest BCUT2D eigenvalue weighted by atomic mass is 32.1. The van der Waals surface area contributed by atoms with E-state index in [1.165, 1.54) is 10.4 Å². The second kappa shape index (κ2) is 7.59. The first-order chi connectivity index (χ1) is 11.6. The number of benzene rings is 1. The van der Waals surface area contributed by atoms with Gasteiger partial charge in [-0.15, -0.1) is 11.3 Å². The fourth-order valence-corrected chi connectivity index (χ4v) is 3.70. The number of carbonyl (C=O) groups is 2. The summed E-state index contributed by atoms with van der Waals surface area (Å²) in [5, 5.41) is 7.24. The molecule has 2 N–H and O–H groups in total. The number of thiophene rings is 1. The highest BCUT2D eigenvalue weighted by molar-refractivity contribution is 7.10. The average Bonchev–Trinajstić information content (AvgIpc) is 3.07. The topological polar surface area (TPSA) is 61.4 Å². The molecule has 0 bridgehead atoms. The third-order valence-electron chi connectivity index (χ3n) is 4.30. The lowest BCUT2D eigenvalue weighted by atomic mass is 10.1. The van der Waals surface area contributed by atoms with Crippen molar-refractivity contribution in [2.75, 3.05) is 6.54 Å². The van der Waals surface area contributed by atoms with Gasteiger partial charge in [-0.3, -0.25) is 15.0 Å². The van der Waals surface area contributed by atoms with Gasteiger partial charge in [-0.2, -0.15) is 0 Å². The van der Waals surface area contributed by atoms with E-state index in [1.54, 1.807) is 11.3 Å². The molecule has 126 valence electrons. The van der Waals surface area contributed by atoms with Crippen LogP contribution in [0.15, 0.2) is 41.8 Å². The lowest BCUT2D eigenvalue weighted by molar-refractivity contribution is -0.125. The standard InChI is InChI=1S/C18H21N3O2S/c1-13(21-9-7-16-15(12-21)8-10-24-16)17(22)20-18(23)19-11-14-5-3-2-4-6-14/h2-6,8,10,13H,7,9,11-12H2,1H3,(H2,19,20,22,23)/t13-/m0/s1. The van der Waals surface area contributed by atoms with Crippen LogP contribution in [0.2, 0.25) is 0 Å². The number of carbonyl (C=O) groups excluding carboxylic acids is 2. The van der Waals surface area contributed by atoms with Crippen LogP contribution in [0.1, 0.15) is 22.9 Å². The van der Waals surface area contributed by atoms with E-state index in [0.717, 1.165) is 25.1 Å². The molecule has 1 aliphatic rings. The molecule has 0 saturated carbocycles. The van der Waals surface area contributed by atoms with Gasteiger partial charge < -0.3 is 5.32 Å². The third kappa shape index (κ3) is 4.01. The van der Waals surface area contributed by atoms with E-state index >= 15 is 0 Å². The number of imide groups is 1. The van der Waals surface area contributed by atoms with Crippen molar-refractivity contribution >= 4 is 23.3 Å². The van der Waals surface area contributed by atoms with Crippen LogP contribution < -0.4 is 10.6 Å². The van der Waals surface area contributed by atoms with Crippen LogP contribution in [0, 0.1) is 0 Å². The number of amides is 3. The van der Waals surface area contributed by atoms with Gasteiger partial charge in [-0.05, 0) is 35.9 Å². The van der Waals surface area contributed by atoms with Gasteiger partial charge in [0, 0.05) is 24.5 Å². The van der Waals surface area contributed by atoms with E-state index in [1.807, 2.05) is 37.3 Å². The summed E-state index contributed by atoms with van der Waals surface area (Å²) in [6.45, 7) is 3.85. The van der Waals surface area contributed by atoms with Crippen LogP contribution in [0.25, 0.3) is 0 Å². The number of urea groups is 1. The van der Waals surface area contributed by atoms with Gasteiger partial charge in [0.1, 0.15) is 0 Å². The largest absolute Gasteiger partial charge is 0.334 e. The molecule has 1 aromatic carbocycles. The molecule has 3 amide bonds. The average molecular weight is 343 g/mol. The zero-order chi connectivity index (χ0) is 16.9. The number of hydrogen-bond acceptors (Lipinski definition) is 4. The maximum absolute atomic E-state index is 12.3. The SMILES string of the molecule is C[C@@H](C(=O)NC(=O)NCc1ccccc1)N1CCc2sccc2C1. The first-order valence-corrected chi connectivity index (χ1v) is 8.93. The fourth-order valence-electron chi connectivity index (χ4n) is 2.81. The molecule has 1 aliphatic heterocycles. The second-order valence-corrected chi connectivity index (χ2v) is 6.92. The minimum atomic E-state index is -0.455. The van der Waals surface area contributed by atoms with Gasteiger partial charge in [0.2, 0.25) is 5.91 Å². The zero-order valence-electron chi connectivity index (χ0n) is 13.6. The number of rotatable bonds is 4. The van der Waals surface area contributed by atoms with Crippen molar-refractivity contribution in [1.29, 1.82) is 0 Å². The maximum Gasteiger partial charge on any atom is 0.321 e. The van der Waals surface area contributed by atoms with Gasteiger partial charge in [-0.25, -0.2) is 4.79 Å². The fraction of sp³-hybridized carbons (Fsp3) is 0.333. The predicted octanol–water partition coefficient (Wildman–Crippen LogP) is 2.52. The molecule has 1 atom stereocenters. The van der Waals surface area contributed by atoms with Gasteiger partial charge in [-0.1, -0.05) is 30.3 Å². The molecule has 0 spiro atoms. The molecule has 0 saturated heterocycles. The molecular weight excluding hydrogens is 322 g/mol. The molecule has 3 rings (SSSR count). The number of fused-ring (bicyclic) bond motifs is 1. The van der Waals surface area contributed by atoms with Crippen LogP contribution in [-0.4, -0.2) is 29.4 Å². The minimum Gasteiger partial charge on any atom is -0.334 e. The lowest BCUT2D eigenvalue weighted by Gasteiger charge is -2.31. The Morgan fingerprint density at radius 3 is 2.83 bits per heavy atom. The zero-order valence-corrected chi connectivity index (χ0v) is 14.4. The summed E-state index contributed by atoms with van der Waals surface area (Å²) in [5.74, 6) is -0.265. The Bertz CT molecular complexity index is 714. The van der Waals surface area contributed by atoms with Crippen molar-refractivity contribution in [2.45, 2.75) is 32.5 Å². The van der Waals surface area contributed by atoms with E-state index in [-0.39, 0.29) is 11.9 Å². The Hall–Kier alpha value is -2.18. The highest BCUT2D eigenvalue weighted by Gasteiger charge is 2.26. The number of nitrogens with one attached hydrogen (secondary N) is 2. The summed E-state index contributed by atoms with van der Waals surface area (Å²) < 4.78 is 0. The Labute approximate surface area is 145 Å². The van der Waals surface area contributed by atoms with Crippen molar-refractivity contribution in [2.24, 2.45) is 0 Å². The maximum atomic E-state index is 12.3. The molecule has 0 unspecified atom stereocenters. The van der Waals surface area contributed by atoms with E-state index in [4.69, 9.17) is 0 Å². The van der Waals surface area contributed by atoms with Crippen LogP contribution in [0.5, 0.6) is 0 Å². The quantitative estimate of drug-likeness (QED) is 0.897. The van der Waals surface area contributed by atoms with Crippen LogP contribution in [-0.2, 0) is 24.3 Å². The van der Waals surface area contributed by atoms with Crippen molar-refractivity contribution in [3.8, 4) is 0 Å². The highest BCUT2D eigenvalue weighted by Crippen LogP contribution is 2.25. The van der Waals surface area contributed by atoms with Gasteiger partial charge in [0.25, 0.3) is 0 Å². The first-order valence-electron chi connectivity index (χ1n) is 8.05. The molecule has 0 radical (unpaired) electrons. The van der Waals surface area contributed by atoms with Gasteiger partial charge in [0.15, 0.2) is 0 Å². The summed E-state index contributed by atoms with van der Waals surface area (Å²) in [6.07, 6.45) is 0.963. The van der Waals surface area contributed by atoms with Crippen molar-refractivity contribution < 1.29 is 9.59 Å². The lowest BCUT2D eigenvalue weighted by Crippen LogP contribution is -2.50. The molecule has 2 heterocycles. The molecule has 2 aromatic rings. The summed E-state index contributed by atoms with van der Waals surface area (Å²) >= 11 is 1.77. The van der Waals surface area contributed by atoms with E-state index < -0.39 is 6.03 Å². The summed E-state index contributed by atoms with van der Waals surface area (Å²) in [7, 11) is 0. The Morgan fingerprint density at radius 1 is 1.25 bits per heavy atom. The monoisotopic (exact) mass is 343 g/mol. The summed E-state index contributed by atoms with van der Waals surface area (Å²) in [4.78, 5) is 27.7. The van der Waals surface area contributed by atoms with Crippen LogP contribution >= 0.6 is 11.3 Å². The minimum absolute atomic E-state index is 0.265. The Morgan fingerprint density at radius 2 is 2.04 bits per heavy atom. The smallest absolute Gasteiger partial charge is 0.321 e. The van der Waals surface area contributed by atoms with Crippen molar-refractivity contribution in [1.82, 2.24) is 15.5 Å². The summed E-state index contributed by atoms with van der Waals surface area (Å²) in [6, 6.07) is 10.9. The number of hydrogen-bond donors (Lipinski definition) is 2. The van der Waals surface area contributed by atoms with Crippen LogP contribution in [0.3, 0.4) is 0 Å². The first kappa shape index (κ1) is 16.7. The van der Waals surface area contributed by atoms with E-state index in [9.17, 15) is 9.59 Å². The second-order valence-electron chi connectivity index (χ2n) is 5.92. The molecule has 0 fully saturated rings. The molecule has 5 nitrogen and oxygen atoms in total. The van der Waals surface area contributed by atoms with Crippen LogP contribution in [0.4, 0.5) is 4.79 Å². The predicted molar refractivity (Wildman–Crippen MR) is 94.7 cm³/mol. The molecule has 0 aliphatic carbocycles. The molecular formula is C18H21N3O2S. The molecule has 6 heteroatoms. The Kier molecular flexibility index (Phi) is 5.27. The number of nitrogens with zero attached hydrogens (tertiary/aromatic N) is 1. The van der Waals surface area contributed by atoms with E-state index in [2.05, 4.69) is 27.0 Å².